The summed E-state index contributed by atoms with van der Waals surface area (Å²) in [5.74, 6) is 0. The molecule has 0 spiro atoms. The number of rotatable bonds is 5. The van der Waals surface area contributed by atoms with Gasteiger partial charge in [-0.2, -0.15) is 0 Å². The molecule has 0 atom stereocenters. The van der Waals surface area contributed by atoms with Crippen LogP contribution in [-0.2, 0) is 0 Å². The van der Waals surface area contributed by atoms with E-state index in [9.17, 15) is 10.1 Å². The van der Waals surface area contributed by atoms with Gasteiger partial charge < -0.3 is 0 Å². The highest BCUT2D eigenvalue weighted by Crippen LogP contribution is 2.46. The van der Waals surface area contributed by atoms with Crippen LogP contribution in [0.1, 0.15) is 0 Å². The van der Waals surface area contributed by atoms with Crippen molar-refractivity contribution in [3.8, 4) is 43.1 Å². The topological polar surface area (TPSA) is 43.1 Å². The average Bonchev–Trinajstić information content (AvgIpc) is 3.31. The highest BCUT2D eigenvalue weighted by Gasteiger charge is 2.22. The van der Waals surface area contributed by atoms with Crippen LogP contribution in [0.3, 0.4) is 0 Å². The first kappa shape index (κ1) is 19.9. The zero-order chi connectivity index (χ0) is 21.9. The molecule has 0 aliphatic carbocycles. The molecule has 5 aromatic rings. The number of thiophene rings is 1. The first-order valence-corrected chi connectivity index (χ1v) is 11.1. The van der Waals surface area contributed by atoms with E-state index in [0.717, 1.165) is 37.6 Å². The normalized spacial score (nSPS) is 10.8. The van der Waals surface area contributed by atoms with Crippen molar-refractivity contribution in [3.63, 3.8) is 0 Å². The summed E-state index contributed by atoms with van der Waals surface area (Å²) in [6.07, 6.45) is 0. The summed E-state index contributed by atoms with van der Waals surface area (Å²) >= 11 is 1.66. The number of nitro benzene ring substituents is 1. The fourth-order valence-corrected chi connectivity index (χ4v) is 5.04. The van der Waals surface area contributed by atoms with E-state index in [1.807, 2.05) is 91.0 Å². The van der Waals surface area contributed by atoms with E-state index in [2.05, 4.69) is 18.2 Å². The second kappa shape index (κ2) is 8.61. The maximum Gasteiger partial charge on any atom is 0.277 e. The van der Waals surface area contributed by atoms with Gasteiger partial charge in [0.05, 0.1) is 10.5 Å². The van der Waals surface area contributed by atoms with E-state index in [1.165, 1.54) is 0 Å². The standard InChI is InChI=1S/C28H19NO2S/c30-29(31)26-18-23(20-10-4-1-5-11-20)16-17-24(26)25-19-27(21-12-6-2-7-13-21)32-28(25)22-14-8-3-9-15-22/h1-19H. The van der Waals surface area contributed by atoms with Crippen molar-refractivity contribution < 1.29 is 4.92 Å². The summed E-state index contributed by atoms with van der Waals surface area (Å²) in [5.41, 5.74) is 5.57. The fraction of sp³-hybridized carbons (Fsp3) is 0. The summed E-state index contributed by atoms with van der Waals surface area (Å²) in [4.78, 5) is 13.9. The zero-order valence-corrected chi connectivity index (χ0v) is 18.0. The third-order valence-corrected chi connectivity index (χ3v) is 6.65. The quantitative estimate of drug-likeness (QED) is 0.206. The number of nitrogens with zero attached hydrogens (tertiary/aromatic N) is 1. The smallest absolute Gasteiger partial charge is 0.258 e. The van der Waals surface area contributed by atoms with E-state index >= 15 is 0 Å². The van der Waals surface area contributed by atoms with Crippen molar-refractivity contribution in [2.75, 3.05) is 0 Å². The van der Waals surface area contributed by atoms with E-state index in [-0.39, 0.29) is 10.6 Å². The maximum atomic E-state index is 12.1. The van der Waals surface area contributed by atoms with Crippen LogP contribution in [0.25, 0.3) is 43.1 Å². The first-order chi connectivity index (χ1) is 15.7. The van der Waals surface area contributed by atoms with Gasteiger partial charge >= 0.3 is 0 Å². The number of hydrogen-bond donors (Lipinski definition) is 0. The molecule has 32 heavy (non-hydrogen) atoms. The van der Waals surface area contributed by atoms with Crippen LogP contribution in [0, 0.1) is 10.1 Å². The highest BCUT2D eigenvalue weighted by molar-refractivity contribution is 7.19. The maximum absolute atomic E-state index is 12.1. The molecule has 1 aromatic heterocycles. The Hall–Kier alpha value is -4.02. The van der Waals surface area contributed by atoms with Gasteiger partial charge in [0, 0.05) is 21.4 Å². The van der Waals surface area contributed by atoms with Crippen molar-refractivity contribution in [1.82, 2.24) is 0 Å². The van der Waals surface area contributed by atoms with Gasteiger partial charge in [-0.25, -0.2) is 0 Å². The Kier molecular flexibility index (Phi) is 5.36. The number of benzene rings is 4. The summed E-state index contributed by atoms with van der Waals surface area (Å²) in [6, 6.07) is 37.5. The summed E-state index contributed by atoms with van der Waals surface area (Å²) < 4.78 is 0. The summed E-state index contributed by atoms with van der Waals surface area (Å²) in [6.45, 7) is 0. The van der Waals surface area contributed by atoms with Crippen LogP contribution in [0.2, 0.25) is 0 Å². The molecule has 3 nitrogen and oxygen atoms in total. The van der Waals surface area contributed by atoms with Crippen molar-refractivity contribution >= 4 is 17.0 Å². The molecule has 1 heterocycles. The summed E-state index contributed by atoms with van der Waals surface area (Å²) in [5, 5.41) is 12.1. The highest BCUT2D eigenvalue weighted by atomic mass is 32.1. The van der Waals surface area contributed by atoms with E-state index in [1.54, 1.807) is 17.4 Å². The number of nitro groups is 1. The molecular formula is C28H19NO2S. The van der Waals surface area contributed by atoms with Crippen molar-refractivity contribution in [2.45, 2.75) is 0 Å². The van der Waals surface area contributed by atoms with Crippen molar-refractivity contribution in [1.29, 1.82) is 0 Å². The lowest BCUT2D eigenvalue weighted by Crippen LogP contribution is -1.93. The molecule has 4 aromatic carbocycles. The van der Waals surface area contributed by atoms with E-state index in [4.69, 9.17) is 0 Å². The van der Waals surface area contributed by atoms with Gasteiger partial charge in [0.15, 0.2) is 0 Å². The Morgan fingerprint density at radius 3 is 1.72 bits per heavy atom. The lowest BCUT2D eigenvalue weighted by atomic mass is 9.96. The molecule has 0 radical (unpaired) electrons. The molecular weight excluding hydrogens is 414 g/mol. The van der Waals surface area contributed by atoms with Gasteiger partial charge in [0.1, 0.15) is 0 Å². The lowest BCUT2D eigenvalue weighted by molar-refractivity contribution is -0.384. The largest absolute Gasteiger partial charge is 0.277 e. The summed E-state index contributed by atoms with van der Waals surface area (Å²) in [7, 11) is 0. The lowest BCUT2D eigenvalue weighted by Gasteiger charge is -2.08. The Labute approximate surface area is 190 Å². The van der Waals surface area contributed by atoms with Crippen molar-refractivity contribution in [3.05, 3.63) is 125 Å². The van der Waals surface area contributed by atoms with Gasteiger partial charge in [-0.1, -0.05) is 97.1 Å². The Morgan fingerprint density at radius 1 is 0.562 bits per heavy atom. The average molecular weight is 434 g/mol. The van der Waals surface area contributed by atoms with Crippen LogP contribution in [0.5, 0.6) is 0 Å². The molecule has 0 fully saturated rings. The van der Waals surface area contributed by atoms with Crippen LogP contribution < -0.4 is 0 Å². The predicted octanol–water partition coefficient (Wildman–Crippen LogP) is 8.32. The third kappa shape index (κ3) is 3.84. The molecule has 4 heteroatoms. The predicted molar refractivity (Wildman–Crippen MR) is 133 cm³/mol. The second-order valence-corrected chi connectivity index (χ2v) is 8.49. The Bertz CT molecular complexity index is 1380. The molecule has 0 N–H and O–H groups in total. The van der Waals surface area contributed by atoms with E-state index < -0.39 is 0 Å². The minimum Gasteiger partial charge on any atom is -0.258 e. The third-order valence-electron chi connectivity index (χ3n) is 5.42. The van der Waals surface area contributed by atoms with Gasteiger partial charge in [-0.15, -0.1) is 11.3 Å². The monoisotopic (exact) mass is 433 g/mol. The van der Waals surface area contributed by atoms with Crippen molar-refractivity contribution in [2.24, 2.45) is 0 Å². The molecule has 0 aliphatic heterocycles. The van der Waals surface area contributed by atoms with Crippen LogP contribution in [-0.4, -0.2) is 4.92 Å². The number of hydrogen-bond acceptors (Lipinski definition) is 3. The van der Waals surface area contributed by atoms with Crippen LogP contribution >= 0.6 is 11.3 Å². The SMILES string of the molecule is O=[N+]([O-])c1cc(-c2ccccc2)ccc1-c1cc(-c2ccccc2)sc1-c1ccccc1. The van der Waals surface area contributed by atoms with Crippen LogP contribution in [0.4, 0.5) is 5.69 Å². The fourth-order valence-electron chi connectivity index (χ4n) is 3.86. The van der Waals surface area contributed by atoms with Gasteiger partial charge in [0.2, 0.25) is 0 Å². The molecule has 0 amide bonds. The minimum absolute atomic E-state index is 0.112. The molecule has 154 valence electrons. The molecule has 5 rings (SSSR count). The molecule has 0 aliphatic rings. The minimum atomic E-state index is -0.281. The zero-order valence-electron chi connectivity index (χ0n) is 17.1. The van der Waals surface area contributed by atoms with E-state index in [0.29, 0.717) is 5.56 Å². The second-order valence-electron chi connectivity index (χ2n) is 7.44. The first-order valence-electron chi connectivity index (χ1n) is 10.3. The van der Waals surface area contributed by atoms with Gasteiger partial charge in [-0.3, -0.25) is 10.1 Å². The van der Waals surface area contributed by atoms with Gasteiger partial charge in [0.25, 0.3) is 5.69 Å². The van der Waals surface area contributed by atoms with Gasteiger partial charge in [-0.05, 0) is 34.4 Å². The Morgan fingerprint density at radius 2 is 1.12 bits per heavy atom. The molecule has 0 bridgehead atoms. The molecule has 0 unspecified atom stereocenters. The van der Waals surface area contributed by atoms with Crippen LogP contribution in [0.15, 0.2) is 115 Å². The Balaban J connectivity index is 1.72. The molecule has 0 saturated carbocycles. The molecule has 0 saturated heterocycles.